The van der Waals surface area contributed by atoms with Gasteiger partial charge in [0.1, 0.15) is 6.10 Å². The summed E-state index contributed by atoms with van der Waals surface area (Å²) < 4.78 is 0. The van der Waals surface area contributed by atoms with Gasteiger partial charge in [-0.15, -0.1) is 0 Å². The summed E-state index contributed by atoms with van der Waals surface area (Å²) in [6.45, 7) is 4.70. The standard InChI is InChI=1S/C23H34N2O3/c1-18(26)23(28)25-15-9-19(10-16-25)7-8-22(27)24-13-11-21(12-14-24)17-20-5-3-2-4-6-20/h2-6,18-19,21,26H,7-17H2,1H3/t18-/m0/s1. The van der Waals surface area contributed by atoms with Gasteiger partial charge in [-0.05, 0) is 62.8 Å². The number of carbonyl (C=O) groups is 2. The van der Waals surface area contributed by atoms with Crippen LogP contribution in [0.2, 0.25) is 0 Å². The quantitative estimate of drug-likeness (QED) is 0.818. The average molecular weight is 387 g/mol. The third kappa shape index (κ3) is 5.81. The van der Waals surface area contributed by atoms with E-state index in [4.69, 9.17) is 0 Å². The summed E-state index contributed by atoms with van der Waals surface area (Å²) in [6.07, 6.45) is 5.81. The molecule has 0 unspecified atom stereocenters. The molecule has 5 heteroatoms. The number of amides is 2. The third-order valence-corrected chi connectivity index (χ3v) is 6.38. The molecule has 0 bridgehead atoms. The molecule has 2 aliphatic rings. The van der Waals surface area contributed by atoms with Gasteiger partial charge >= 0.3 is 0 Å². The molecule has 2 aliphatic heterocycles. The molecular weight excluding hydrogens is 352 g/mol. The van der Waals surface area contributed by atoms with Crippen molar-refractivity contribution < 1.29 is 14.7 Å². The fourth-order valence-corrected chi connectivity index (χ4v) is 4.53. The minimum Gasteiger partial charge on any atom is -0.384 e. The summed E-state index contributed by atoms with van der Waals surface area (Å²) >= 11 is 0. The van der Waals surface area contributed by atoms with E-state index in [0.29, 0.717) is 37.3 Å². The van der Waals surface area contributed by atoms with Crippen LogP contribution >= 0.6 is 0 Å². The first-order valence-electron chi connectivity index (χ1n) is 10.8. The molecule has 2 saturated heterocycles. The van der Waals surface area contributed by atoms with Crippen LogP contribution in [0.3, 0.4) is 0 Å². The lowest BCUT2D eigenvalue weighted by atomic mass is 9.89. The minimum atomic E-state index is -0.914. The smallest absolute Gasteiger partial charge is 0.251 e. The van der Waals surface area contributed by atoms with Crippen molar-refractivity contribution in [1.82, 2.24) is 9.80 Å². The lowest BCUT2D eigenvalue weighted by Gasteiger charge is -2.34. The third-order valence-electron chi connectivity index (χ3n) is 6.38. The Labute approximate surface area is 168 Å². The van der Waals surface area contributed by atoms with Gasteiger partial charge in [-0.2, -0.15) is 0 Å². The Kier molecular flexibility index (Phi) is 7.49. The van der Waals surface area contributed by atoms with Crippen LogP contribution in [0.15, 0.2) is 30.3 Å². The summed E-state index contributed by atoms with van der Waals surface area (Å²) in [7, 11) is 0. The second-order valence-corrected chi connectivity index (χ2v) is 8.50. The molecule has 1 aromatic carbocycles. The maximum absolute atomic E-state index is 12.6. The highest BCUT2D eigenvalue weighted by Crippen LogP contribution is 2.25. The molecule has 2 heterocycles. The molecule has 154 valence electrons. The number of aliphatic hydroxyl groups excluding tert-OH is 1. The van der Waals surface area contributed by atoms with Gasteiger partial charge in [-0.3, -0.25) is 9.59 Å². The zero-order valence-corrected chi connectivity index (χ0v) is 17.1. The normalized spacial score (nSPS) is 20.2. The topological polar surface area (TPSA) is 60.9 Å². The van der Waals surface area contributed by atoms with E-state index in [2.05, 4.69) is 30.3 Å². The second-order valence-electron chi connectivity index (χ2n) is 8.50. The van der Waals surface area contributed by atoms with Gasteiger partial charge in [0, 0.05) is 32.6 Å². The largest absolute Gasteiger partial charge is 0.384 e. The van der Waals surface area contributed by atoms with Crippen LogP contribution in [0.1, 0.15) is 51.0 Å². The van der Waals surface area contributed by atoms with Crippen LogP contribution in [0.4, 0.5) is 0 Å². The van der Waals surface area contributed by atoms with E-state index < -0.39 is 6.10 Å². The van der Waals surface area contributed by atoms with Crippen molar-refractivity contribution in [1.29, 1.82) is 0 Å². The number of aliphatic hydroxyl groups is 1. The molecule has 2 amide bonds. The molecule has 28 heavy (non-hydrogen) atoms. The molecule has 1 N–H and O–H groups in total. The van der Waals surface area contributed by atoms with Crippen LogP contribution in [0.5, 0.6) is 0 Å². The molecule has 0 saturated carbocycles. The molecular formula is C23H34N2O3. The molecule has 1 aromatic rings. The fourth-order valence-electron chi connectivity index (χ4n) is 4.53. The fraction of sp³-hybridized carbons (Fsp3) is 0.652. The van der Waals surface area contributed by atoms with Crippen molar-refractivity contribution in [2.45, 2.75) is 58.0 Å². The summed E-state index contributed by atoms with van der Waals surface area (Å²) in [5, 5.41) is 9.42. The van der Waals surface area contributed by atoms with Crippen LogP contribution in [0, 0.1) is 11.8 Å². The Hall–Kier alpha value is -1.88. The van der Waals surface area contributed by atoms with E-state index >= 15 is 0 Å². The van der Waals surface area contributed by atoms with Crippen molar-refractivity contribution in [2.24, 2.45) is 11.8 Å². The SMILES string of the molecule is C[C@H](O)C(=O)N1CCC(CCC(=O)N2CCC(Cc3ccccc3)CC2)CC1. The first-order valence-corrected chi connectivity index (χ1v) is 10.8. The van der Waals surface area contributed by atoms with Crippen molar-refractivity contribution >= 4 is 11.8 Å². The van der Waals surface area contributed by atoms with Crippen LogP contribution in [0.25, 0.3) is 0 Å². The van der Waals surface area contributed by atoms with Gasteiger partial charge in [0.2, 0.25) is 5.91 Å². The highest BCUT2D eigenvalue weighted by atomic mass is 16.3. The Balaban J connectivity index is 1.33. The number of carbonyl (C=O) groups excluding carboxylic acids is 2. The van der Waals surface area contributed by atoms with Gasteiger partial charge in [0.05, 0.1) is 0 Å². The lowest BCUT2D eigenvalue weighted by Crippen LogP contribution is -2.43. The van der Waals surface area contributed by atoms with E-state index in [9.17, 15) is 14.7 Å². The Morgan fingerprint density at radius 1 is 0.964 bits per heavy atom. The van der Waals surface area contributed by atoms with Gasteiger partial charge < -0.3 is 14.9 Å². The predicted molar refractivity (Wildman–Crippen MR) is 110 cm³/mol. The first-order chi connectivity index (χ1) is 13.5. The van der Waals surface area contributed by atoms with Gasteiger partial charge in [0.15, 0.2) is 0 Å². The number of benzene rings is 1. The molecule has 0 spiro atoms. The summed E-state index contributed by atoms with van der Waals surface area (Å²) in [4.78, 5) is 28.2. The van der Waals surface area contributed by atoms with E-state index in [1.54, 1.807) is 4.90 Å². The van der Waals surface area contributed by atoms with E-state index in [0.717, 1.165) is 51.6 Å². The van der Waals surface area contributed by atoms with Crippen molar-refractivity contribution in [2.75, 3.05) is 26.2 Å². The highest BCUT2D eigenvalue weighted by molar-refractivity contribution is 5.80. The number of rotatable bonds is 6. The second kappa shape index (κ2) is 10.1. The maximum Gasteiger partial charge on any atom is 0.251 e. The Bertz CT molecular complexity index is 631. The molecule has 0 aromatic heterocycles. The van der Waals surface area contributed by atoms with E-state index in [1.807, 2.05) is 4.90 Å². The molecule has 5 nitrogen and oxygen atoms in total. The lowest BCUT2D eigenvalue weighted by molar-refractivity contribution is -0.141. The summed E-state index contributed by atoms with van der Waals surface area (Å²) in [5.74, 6) is 1.31. The molecule has 0 aliphatic carbocycles. The summed E-state index contributed by atoms with van der Waals surface area (Å²) in [6, 6.07) is 10.6. The summed E-state index contributed by atoms with van der Waals surface area (Å²) in [5.41, 5.74) is 1.40. The van der Waals surface area contributed by atoms with E-state index in [-0.39, 0.29) is 5.91 Å². The van der Waals surface area contributed by atoms with Gasteiger partial charge in [-0.1, -0.05) is 30.3 Å². The molecule has 3 rings (SSSR count). The van der Waals surface area contributed by atoms with Crippen LogP contribution < -0.4 is 0 Å². The number of hydrogen-bond donors (Lipinski definition) is 1. The Morgan fingerprint density at radius 2 is 1.54 bits per heavy atom. The number of nitrogens with zero attached hydrogens (tertiary/aromatic N) is 2. The van der Waals surface area contributed by atoms with Crippen molar-refractivity contribution in [3.63, 3.8) is 0 Å². The average Bonchev–Trinajstić information content (AvgIpc) is 2.73. The van der Waals surface area contributed by atoms with Crippen molar-refractivity contribution in [3.05, 3.63) is 35.9 Å². The number of likely N-dealkylation sites (tertiary alicyclic amines) is 2. The van der Waals surface area contributed by atoms with Gasteiger partial charge in [0.25, 0.3) is 5.91 Å². The van der Waals surface area contributed by atoms with Gasteiger partial charge in [-0.25, -0.2) is 0 Å². The first kappa shape index (κ1) is 20.8. The highest BCUT2D eigenvalue weighted by Gasteiger charge is 2.27. The molecule has 2 fully saturated rings. The maximum atomic E-state index is 12.6. The minimum absolute atomic E-state index is 0.173. The predicted octanol–water partition coefficient (Wildman–Crippen LogP) is 2.87. The number of piperidine rings is 2. The Morgan fingerprint density at radius 3 is 2.14 bits per heavy atom. The van der Waals surface area contributed by atoms with Crippen LogP contribution in [-0.2, 0) is 16.0 Å². The van der Waals surface area contributed by atoms with Crippen LogP contribution in [-0.4, -0.2) is 59.0 Å². The van der Waals surface area contributed by atoms with E-state index in [1.165, 1.54) is 12.5 Å². The molecule has 0 radical (unpaired) electrons. The zero-order valence-electron chi connectivity index (χ0n) is 17.1. The number of hydrogen-bond acceptors (Lipinski definition) is 3. The van der Waals surface area contributed by atoms with Crippen molar-refractivity contribution in [3.8, 4) is 0 Å². The molecule has 1 atom stereocenters. The monoisotopic (exact) mass is 386 g/mol. The zero-order chi connectivity index (χ0) is 19.9.